The number of rotatable bonds is 4. The second kappa shape index (κ2) is 3.94. The Morgan fingerprint density at radius 1 is 1.50 bits per heavy atom. The Kier molecular flexibility index (Phi) is 3.91. The summed E-state index contributed by atoms with van der Waals surface area (Å²) in [5.74, 6) is 0. The largest absolute Gasteiger partial charge is 0.396 e. The molecule has 0 saturated heterocycles. The van der Waals surface area contributed by atoms with Crippen LogP contribution < -0.4 is 5.73 Å². The lowest BCUT2D eigenvalue weighted by Gasteiger charge is -2.28. The van der Waals surface area contributed by atoms with Crippen LogP contribution >= 0.6 is 0 Å². The van der Waals surface area contributed by atoms with Crippen LogP contribution in [0.2, 0.25) is 0 Å². The molecule has 62 valence electrons. The van der Waals surface area contributed by atoms with Gasteiger partial charge in [0.2, 0.25) is 0 Å². The normalized spacial score (nSPS) is 15.3. The summed E-state index contributed by atoms with van der Waals surface area (Å²) < 4.78 is 0. The summed E-state index contributed by atoms with van der Waals surface area (Å²) in [5.41, 5.74) is 5.70. The SMILES string of the molecule is CCCC(N)C(C)(C)CO. The fourth-order valence-corrected chi connectivity index (χ4v) is 0.819. The number of nitrogens with two attached hydrogens (primary N) is 1. The monoisotopic (exact) mass is 145 g/mol. The molecule has 1 atom stereocenters. The van der Waals surface area contributed by atoms with Crippen molar-refractivity contribution in [1.29, 1.82) is 0 Å². The summed E-state index contributed by atoms with van der Waals surface area (Å²) in [4.78, 5) is 0. The van der Waals surface area contributed by atoms with E-state index < -0.39 is 0 Å². The molecule has 0 aliphatic rings. The molecular formula is C8H19NO. The van der Waals surface area contributed by atoms with Gasteiger partial charge in [-0.1, -0.05) is 27.2 Å². The third kappa shape index (κ3) is 2.67. The molecule has 10 heavy (non-hydrogen) atoms. The number of hydrogen-bond acceptors (Lipinski definition) is 2. The van der Waals surface area contributed by atoms with Crippen LogP contribution in [0.5, 0.6) is 0 Å². The molecule has 0 aliphatic heterocycles. The molecule has 2 nitrogen and oxygen atoms in total. The van der Waals surface area contributed by atoms with Crippen LogP contribution in [0.15, 0.2) is 0 Å². The maximum absolute atomic E-state index is 8.91. The zero-order valence-electron chi connectivity index (χ0n) is 7.22. The van der Waals surface area contributed by atoms with E-state index in [0.29, 0.717) is 0 Å². The van der Waals surface area contributed by atoms with Crippen molar-refractivity contribution in [3.05, 3.63) is 0 Å². The Balaban J connectivity index is 3.78. The van der Waals surface area contributed by atoms with Crippen LogP contribution in [0.4, 0.5) is 0 Å². The van der Waals surface area contributed by atoms with E-state index in [1.807, 2.05) is 13.8 Å². The summed E-state index contributed by atoms with van der Waals surface area (Å²) in [7, 11) is 0. The Hall–Kier alpha value is -0.0800. The molecule has 0 bridgehead atoms. The lowest BCUT2D eigenvalue weighted by molar-refractivity contribution is 0.128. The molecule has 0 aromatic heterocycles. The highest BCUT2D eigenvalue weighted by atomic mass is 16.3. The van der Waals surface area contributed by atoms with Crippen LogP contribution in [0.1, 0.15) is 33.6 Å². The van der Waals surface area contributed by atoms with Crippen LogP contribution in [-0.4, -0.2) is 17.8 Å². The van der Waals surface area contributed by atoms with Gasteiger partial charge in [-0.25, -0.2) is 0 Å². The van der Waals surface area contributed by atoms with Crippen molar-refractivity contribution in [3.63, 3.8) is 0 Å². The molecule has 0 heterocycles. The van der Waals surface area contributed by atoms with Crippen molar-refractivity contribution < 1.29 is 5.11 Å². The lowest BCUT2D eigenvalue weighted by Crippen LogP contribution is -2.39. The standard InChI is InChI=1S/C8H19NO/c1-4-5-7(9)8(2,3)6-10/h7,10H,4-6,9H2,1-3H3. The fourth-order valence-electron chi connectivity index (χ4n) is 0.819. The van der Waals surface area contributed by atoms with Gasteiger partial charge in [0, 0.05) is 18.1 Å². The smallest absolute Gasteiger partial charge is 0.0496 e. The predicted octanol–water partition coefficient (Wildman–Crippen LogP) is 1.13. The van der Waals surface area contributed by atoms with Gasteiger partial charge >= 0.3 is 0 Å². The minimum Gasteiger partial charge on any atom is -0.396 e. The van der Waals surface area contributed by atoms with E-state index in [1.54, 1.807) is 0 Å². The van der Waals surface area contributed by atoms with Gasteiger partial charge in [0.25, 0.3) is 0 Å². The molecule has 0 aliphatic carbocycles. The van der Waals surface area contributed by atoms with Crippen LogP contribution in [0.25, 0.3) is 0 Å². The predicted molar refractivity (Wildman–Crippen MR) is 43.8 cm³/mol. The lowest BCUT2D eigenvalue weighted by atomic mass is 9.83. The molecule has 0 radical (unpaired) electrons. The molecule has 0 amide bonds. The quantitative estimate of drug-likeness (QED) is 0.623. The highest BCUT2D eigenvalue weighted by Crippen LogP contribution is 2.20. The summed E-state index contributed by atoms with van der Waals surface area (Å²) >= 11 is 0. The van der Waals surface area contributed by atoms with Crippen LogP contribution in [0.3, 0.4) is 0 Å². The Morgan fingerprint density at radius 2 is 2.00 bits per heavy atom. The number of aliphatic hydroxyl groups excluding tert-OH is 1. The fraction of sp³-hybridized carbons (Fsp3) is 1.00. The van der Waals surface area contributed by atoms with Crippen LogP contribution in [0, 0.1) is 5.41 Å². The zero-order chi connectivity index (χ0) is 8.20. The molecule has 0 fully saturated rings. The van der Waals surface area contributed by atoms with Gasteiger partial charge < -0.3 is 10.8 Å². The minimum atomic E-state index is -0.115. The molecule has 3 N–H and O–H groups in total. The van der Waals surface area contributed by atoms with Crippen molar-refractivity contribution in [2.75, 3.05) is 6.61 Å². The average Bonchev–Trinajstić information content (AvgIpc) is 1.89. The van der Waals surface area contributed by atoms with E-state index >= 15 is 0 Å². The topological polar surface area (TPSA) is 46.2 Å². The first-order chi connectivity index (χ1) is 4.54. The van der Waals surface area contributed by atoms with Gasteiger partial charge in [0.05, 0.1) is 0 Å². The number of aliphatic hydroxyl groups is 1. The molecule has 0 aromatic carbocycles. The Morgan fingerprint density at radius 3 is 2.30 bits per heavy atom. The summed E-state index contributed by atoms with van der Waals surface area (Å²) in [6.45, 7) is 6.27. The van der Waals surface area contributed by atoms with Crippen molar-refractivity contribution in [1.82, 2.24) is 0 Å². The summed E-state index contributed by atoms with van der Waals surface area (Å²) in [6, 6.07) is 0.127. The Bertz CT molecular complexity index is 91.3. The second-order valence-corrected chi connectivity index (χ2v) is 3.54. The van der Waals surface area contributed by atoms with Gasteiger partial charge in [-0.05, 0) is 6.42 Å². The van der Waals surface area contributed by atoms with E-state index in [2.05, 4.69) is 6.92 Å². The van der Waals surface area contributed by atoms with Gasteiger partial charge in [-0.3, -0.25) is 0 Å². The first kappa shape index (κ1) is 9.92. The van der Waals surface area contributed by atoms with Crippen molar-refractivity contribution >= 4 is 0 Å². The van der Waals surface area contributed by atoms with E-state index in [0.717, 1.165) is 12.8 Å². The van der Waals surface area contributed by atoms with Gasteiger partial charge in [-0.15, -0.1) is 0 Å². The van der Waals surface area contributed by atoms with Gasteiger partial charge in [0.15, 0.2) is 0 Å². The third-order valence-corrected chi connectivity index (χ3v) is 2.01. The zero-order valence-corrected chi connectivity index (χ0v) is 7.22. The van der Waals surface area contributed by atoms with Gasteiger partial charge in [0.1, 0.15) is 0 Å². The maximum Gasteiger partial charge on any atom is 0.0496 e. The highest BCUT2D eigenvalue weighted by molar-refractivity contribution is 4.79. The second-order valence-electron chi connectivity index (χ2n) is 3.54. The third-order valence-electron chi connectivity index (χ3n) is 2.01. The van der Waals surface area contributed by atoms with Crippen molar-refractivity contribution in [2.24, 2.45) is 11.1 Å². The van der Waals surface area contributed by atoms with Crippen LogP contribution in [-0.2, 0) is 0 Å². The van der Waals surface area contributed by atoms with Gasteiger partial charge in [-0.2, -0.15) is 0 Å². The first-order valence-electron chi connectivity index (χ1n) is 3.91. The van der Waals surface area contributed by atoms with E-state index in [9.17, 15) is 0 Å². The van der Waals surface area contributed by atoms with E-state index in [4.69, 9.17) is 10.8 Å². The molecule has 1 unspecified atom stereocenters. The maximum atomic E-state index is 8.91. The molecule has 2 heteroatoms. The van der Waals surface area contributed by atoms with E-state index in [1.165, 1.54) is 0 Å². The summed E-state index contributed by atoms with van der Waals surface area (Å²) in [5, 5.41) is 8.91. The molecule has 0 rings (SSSR count). The molecular weight excluding hydrogens is 126 g/mol. The summed E-state index contributed by atoms with van der Waals surface area (Å²) in [6.07, 6.45) is 2.08. The van der Waals surface area contributed by atoms with E-state index in [-0.39, 0.29) is 18.1 Å². The molecule has 0 aromatic rings. The molecule has 0 spiro atoms. The number of hydrogen-bond donors (Lipinski definition) is 2. The first-order valence-corrected chi connectivity index (χ1v) is 3.91. The minimum absolute atomic E-state index is 0.115. The van der Waals surface area contributed by atoms with Crippen molar-refractivity contribution in [2.45, 2.75) is 39.7 Å². The Labute approximate surface area is 63.4 Å². The van der Waals surface area contributed by atoms with Crippen molar-refractivity contribution in [3.8, 4) is 0 Å². The highest BCUT2D eigenvalue weighted by Gasteiger charge is 2.24. The molecule has 0 saturated carbocycles. The average molecular weight is 145 g/mol.